The van der Waals surface area contributed by atoms with Crippen LogP contribution in [0.15, 0.2) is 31.0 Å². The standard InChI is InChI=1S/C14H16N6S/c1-9(14-10(2)21-11(3)19-14)18-12-4-5-13(16-6-12)20-8-15-7-17-20/h4-9,18H,1-3H3. The van der Waals surface area contributed by atoms with Crippen LogP contribution in [0.3, 0.4) is 0 Å². The van der Waals surface area contributed by atoms with Gasteiger partial charge in [-0.15, -0.1) is 11.3 Å². The Morgan fingerprint density at radius 1 is 1.29 bits per heavy atom. The van der Waals surface area contributed by atoms with Crippen molar-refractivity contribution >= 4 is 17.0 Å². The second-order valence-corrected chi connectivity index (χ2v) is 6.19. The molecule has 3 heterocycles. The minimum Gasteiger partial charge on any atom is -0.376 e. The van der Waals surface area contributed by atoms with Crippen LogP contribution in [-0.2, 0) is 0 Å². The van der Waals surface area contributed by atoms with Gasteiger partial charge in [-0.3, -0.25) is 0 Å². The van der Waals surface area contributed by atoms with Crippen molar-refractivity contribution in [2.75, 3.05) is 5.32 Å². The largest absolute Gasteiger partial charge is 0.376 e. The van der Waals surface area contributed by atoms with Crippen molar-refractivity contribution in [3.05, 3.63) is 46.6 Å². The van der Waals surface area contributed by atoms with Gasteiger partial charge in [0.2, 0.25) is 0 Å². The highest BCUT2D eigenvalue weighted by atomic mass is 32.1. The summed E-state index contributed by atoms with van der Waals surface area (Å²) in [7, 11) is 0. The highest BCUT2D eigenvalue weighted by Crippen LogP contribution is 2.25. The molecular weight excluding hydrogens is 284 g/mol. The van der Waals surface area contributed by atoms with Crippen LogP contribution in [0.2, 0.25) is 0 Å². The molecule has 1 unspecified atom stereocenters. The molecule has 3 aromatic heterocycles. The van der Waals surface area contributed by atoms with Crippen molar-refractivity contribution in [1.82, 2.24) is 24.7 Å². The van der Waals surface area contributed by atoms with Crippen LogP contribution in [0.25, 0.3) is 5.82 Å². The summed E-state index contributed by atoms with van der Waals surface area (Å²) in [5.74, 6) is 0.742. The summed E-state index contributed by atoms with van der Waals surface area (Å²) < 4.78 is 1.63. The molecule has 0 aliphatic rings. The first-order valence-corrected chi connectivity index (χ1v) is 7.46. The number of thiazole rings is 1. The van der Waals surface area contributed by atoms with Crippen LogP contribution in [0, 0.1) is 13.8 Å². The minimum atomic E-state index is 0.147. The van der Waals surface area contributed by atoms with Crippen molar-refractivity contribution < 1.29 is 0 Å². The number of anilines is 1. The zero-order valence-electron chi connectivity index (χ0n) is 12.1. The average Bonchev–Trinajstić information content (AvgIpc) is 3.09. The predicted molar refractivity (Wildman–Crippen MR) is 82.8 cm³/mol. The Hall–Kier alpha value is -2.28. The summed E-state index contributed by atoms with van der Waals surface area (Å²) in [5.41, 5.74) is 2.05. The van der Waals surface area contributed by atoms with Gasteiger partial charge >= 0.3 is 0 Å². The molecule has 0 spiro atoms. The van der Waals surface area contributed by atoms with Gasteiger partial charge in [-0.1, -0.05) is 0 Å². The van der Waals surface area contributed by atoms with Crippen LogP contribution in [-0.4, -0.2) is 24.7 Å². The summed E-state index contributed by atoms with van der Waals surface area (Å²) in [4.78, 5) is 14.1. The number of rotatable bonds is 4. The smallest absolute Gasteiger partial charge is 0.155 e. The third-order valence-electron chi connectivity index (χ3n) is 3.13. The molecule has 0 saturated heterocycles. The maximum absolute atomic E-state index is 4.58. The zero-order chi connectivity index (χ0) is 14.8. The van der Waals surface area contributed by atoms with Crippen LogP contribution >= 0.6 is 11.3 Å². The molecule has 0 fully saturated rings. The summed E-state index contributed by atoms with van der Waals surface area (Å²) in [6.45, 7) is 6.24. The molecule has 0 amide bonds. The lowest BCUT2D eigenvalue weighted by molar-refractivity contribution is 0.827. The molecule has 0 aromatic carbocycles. The Kier molecular flexibility index (Phi) is 3.66. The first kappa shape index (κ1) is 13.7. The molecular formula is C14H16N6S. The van der Waals surface area contributed by atoms with Gasteiger partial charge in [-0.25, -0.2) is 19.6 Å². The average molecular weight is 300 g/mol. The Labute approximate surface area is 126 Å². The number of aromatic nitrogens is 5. The van der Waals surface area contributed by atoms with E-state index in [0.29, 0.717) is 0 Å². The van der Waals surface area contributed by atoms with E-state index in [2.05, 4.69) is 39.2 Å². The van der Waals surface area contributed by atoms with Crippen molar-refractivity contribution in [2.45, 2.75) is 26.8 Å². The third kappa shape index (κ3) is 2.92. The van der Waals surface area contributed by atoms with Gasteiger partial charge in [0.05, 0.1) is 28.6 Å². The van der Waals surface area contributed by atoms with E-state index >= 15 is 0 Å². The molecule has 0 radical (unpaired) electrons. The maximum Gasteiger partial charge on any atom is 0.155 e. The van der Waals surface area contributed by atoms with Crippen molar-refractivity contribution in [3.8, 4) is 5.82 Å². The predicted octanol–water partition coefficient (Wildman–Crippen LogP) is 2.91. The van der Waals surface area contributed by atoms with Crippen molar-refractivity contribution in [3.63, 3.8) is 0 Å². The van der Waals surface area contributed by atoms with Crippen LogP contribution in [0.1, 0.15) is 28.5 Å². The molecule has 1 atom stereocenters. The van der Waals surface area contributed by atoms with E-state index in [-0.39, 0.29) is 6.04 Å². The normalized spacial score (nSPS) is 12.3. The molecule has 3 rings (SSSR count). The highest BCUT2D eigenvalue weighted by Gasteiger charge is 2.13. The minimum absolute atomic E-state index is 0.147. The fraction of sp³-hybridized carbons (Fsp3) is 0.286. The van der Waals surface area contributed by atoms with Gasteiger partial charge in [0.15, 0.2) is 5.82 Å². The van der Waals surface area contributed by atoms with Gasteiger partial charge in [-0.05, 0) is 32.9 Å². The number of hydrogen-bond acceptors (Lipinski definition) is 6. The first-order valence-electron chi connectivity index (χ1n) is 6.65. The number of hydrogen-bond donors (Lipinski definition) is 1. The molecule has 0 aliphatic heterocycles. The van der Waals surface area contributed by atoms with Crippen LogP contribution in [0.5, 0.6) is 0 Å². The Morgan fingerprint density at radius 3 is 2.71 bits per heavy atom. The fourth-order valence-corrected chi connectivity index (χ4v) is 3.11. The SMILES string of the molecule is Cc1nc(C(C)Nc2ccc(-n3cncn3)nc2)c(C)s1. The number of pyridine rings is 1. The lowest BCUT2D eigenvalue weighted by Crippen LogP contribution is -2.09. The lowest BCUT2D eigenvalue weighted by Gasteiger charge is -2.14. The molecule has 7 heteroatoms. The Morgan fingerprint density at radius 2 is 2.14 bits per heavy atom. The monoisotopic (exact) mass is 300 g/mol. The highest BCUT2D eigenvalue weighted by molar-refractivity contribution is 7.11. The van der Waals surface area contributed by atoms with Gasteiger partial charge in [0.1, 0.15) is 12.7 Å². The van der Waals surface area contributed by atoms with Gasteiger partial charge in [-0.2, -0.15) is 5.10 Å². The molecule has 0 aliphatic carbocycles. The van der Waals surface area contributed by atoms with E-state index < -0.39 is 0 Å². The quantitative estimate of drug-likeness (QED) is 0.802. The van der Waals surface area contributed by atoms with E-state index in [9.17, 15) is 0 Å². The third-order valence-corrected chi connectivity index (χ3v) is 4.04. The summed E-state index contributed by atoms with van der Waals surface area (Å²) >= 11 is 1.72. The zero-order valence-corrected chi connectivity index (χ0v) is 12.9. The Balaban J connectivity index is 1.74. The van der Waals surface area contributed by atoms with Crippen LogP contribution in [0.4, 0.5) is 5.69 Å². The first-order chi connectivity index (χ1) is 10.1. The van der Waals surface area contributed by atoms with E-state index in [0.717, 1.165) is 22.2 Å². The molecule has 3 aromatic rings. The van der Waals surface area contributed by atoms with E-state index in [1.165, 1.54) is 11.2 Å². The summed E-state index contributed by atoms with van der Waals surface area (Å²) in [6.07, 6.45) is 4.91. The molecule has 1 N–H and O–H groups in total. The second-order valence-electron chi connectivity index (χ2n) is 4.79. The fourth-order valence-electron chi connectivity index (χ4n) is 2.20. The summed E-state index contributed by atoms with van der Waals surface area (Å²) in [6, 6.07) is 4.03. The van der Waals surface area contributed by atoms with Crippen molar-refractivity contribution in [2.24, 2.45) is 0 Å². The van der Waals surface area contributed by atoms with Crippen LogP contribution < -0.4 is 5.32 Å². The number of aryl methyl sites for hydroxylation is 2. The van der Waals surface area contributed by atoms with E-state index in [4.69, 9.17) is 0 Å². The maximum atomic E-state index is 4.58. The summed E-state index contributed by atoms with van der Waals surface area (Å²) in [5, 5.41) is 8.57. The topological polar surface area (TPSA) is 68.5 Å². The molecule has 21 heavy (non-hydrogen) atoms. The number of nitrogens with one attached hydrogen (secondary N) is 1. The van der Waals surface area contributed by atoms with E-state index in [1.807, 2.05) is 19.1 Å². The van der Waals surface area contributed by atoms with E-state index in [1.54, 1.807) is 28.5 Å². The van der Waals surface area contributed by atoms with Gasteiger partial charge in [0.25, 0.3) is 0 Å². The van der Waals surface area contributed by atoms with Crippen molar-refractivity contribution in [1.29, 1.82) is 0 Å². The molecule has 0 saturated carbocycles. The molecule has 0 bridgehead atoms. The Bertz CT molecular complexity index is 717. The lowest BCUT2D eigenvalue weighted by atomic mass is 10.2. The molecule has 108 valence electrons. The second kappa shape index (κ2) is 5.61. The molecule has 6 nitrogen and oxygen atoms in total. The van der Waals surface area contributed by atoms with Gasteiger partial charge in [0, 0.05) is 4.88 Å². The number of nitrogens with zero attached hydrogens (tertiary/aromatic N) is 5. The van der Waals surface area contributed by atoms with Gasteiger partial charge < -0.3 is 5.32 Å².